The molecule has 0 radical (unpaired) electrons. The number of anilines is 1. The van der Waals surface area contributed by atoms with Crippen molar-refractivity contribution in [3.05, 3.63) is 52.5 Å². The molecule has 9 nitrogen and oxygen atoms in total. The number of carbonyl (C=O) groups excluding carboxylic acids is 2. The lowest BCUT2D eigenvalue weighted by atomic mass is 9.98. The van der Waals surface area contributed by atoms with Gasteiger partial charge in [-0.3, -0.25) is 4.79 Å². The highest BCUT2D eigenvalue weighted by atomic mass is 32.2. The number of sulfonamides is 1. The molecule has 1 aromatic carbocycles. The van der Waals surface area contributed by atoms with E-state index in [-0.39, 0.29) is 35.7 Å². The summed E-state index contributed by atoms with van der Waals surface area (Å²) < 4.78 is 33.5. The Morgan fingerprint density at radius 1 is 1.33 bits per heavy atom. The lowest BCUT2D eigenvalue weighted by molar-refractivity contribution is -0.123. The molecule has 11 heteroatoms. The van der Waals surface area contributed by atoms with Gasteiger partial charge in [-0.05, 0) is 26.0 Å². The minimum atomic E-state index is -4.01. The number of rotatable bonds is 6. The highest BCUT2D eigenvalue weighted by molar-refractivity contribution is 7.90. The standard InChI is InChI=1S/C22H20N4O5S2/c1-3-31-22(28)17-8-14(9-23)20(24-13(17)2)26-10-15(11-26)21(27)25-33(29,30)19-12-32-18-7-5-4-6-16(18)19/h4-8,12,15H,3,10-11H2,1-2H3,(H,25,27). The van der Waals surface area contributed by atoms with Crippen LogP contribution in [0.25, 0.3) is 10.1 Å². The van der Waals surface area contributed by atoms with E-state index in [1.54, 1.807) is 30.9 Å². The molecule has 3 heterocycles. The maximum Gasteiger partial charge on any atom is 0.340 e. The van der Waals surface area contributed by atoms with Crippen LogP contribution in [0, 0.1) is 24.2 Å². The number of aromatic nitrogens is 1. The zero-order chi connectivity index (χ0) is 23.8. The molecule has 1 aliphatic heterocycles. The average molecular weight is 485 g/mol. The Hall–Kier alpha value is -3.49. The van der Waals surface area contributed by atoms with Gasteiger partial charge in [0.25, 0.3) is 10.0 Å². The van der Waals surface area contributed by atoms with Crippen LogP contribution in [0.4, 0.5) is 5.82 Å². The number of amides is 1. The molecule has 0 saturated carbocycles. The highest BCUT2D eigenvalue weighted by Gasteiger charge is 2.37. The average Bonchev–Trinajstić information content (AvgIpc) is 3.18. The Morgan fingerprint density at radius 2 is 2.06 bits per heavy atom. The third-order valence-electron chi connectivity index (χ3n) is 5.33. The number of benzene rings is 1. The van der Waals surface area contributed by atoms with Crippen molar-refractivity contribution in [1.82, 2.24) is 9.71 Å². The molecule has 0 bridgehead atoms. The fourth-order valence-electron chi connectivity index (χ4n) is 3.58. The zero-order valence-electron chi connectivity index (χ0n) is 17.9. The van der Waals surface area contributed by atoms with E-state index >= 15 is 0 Å². The van der Waals surface area contributed by atoms with E-state index in [4.69, 9.17) is 4.74 Å². The van der Waals surface area contributed by atoms with Crippen LogP contribution < -0.4 is 9.62 Å². The molecule has 170 valence electrons. The van der Waals surface area contributed by atoms with Crippen molar-refractivity contribution in [3.8, 4) is 6.07 Å². The molecule has 1 saturated heterocycles. The Morgan fingerprint density at radius 3 is 2.76 bits per heavy atom. The molecule has 2 aromatic heterocycles. The number of fused-ring (bicyclic) bond motifs is 1. The van der Waals surface area contributed by atoms with E-state index in [0.29, 0.717) is 16.9 Å². The van der Waals surface area contributed by atoms with E-state index in [0.717, 1.165) is 4.70 Å². The normalized spacial score (nSPS) is 13.9. The first-order valence-electron chi connectivity index (χ1n) is 10.1. The maximum absolute atomic E-state index is 12.8. The number of carbonyl (C=O) groups is 2. The molecule has 1 fully saturated rings. The van der Waals surface area contributed by atoms with Gasteiger partial charge in [-0.2, -0.15) is 5.26 Å². The first kappa shape index (κ1) is 22.7. The van der Waals surface area contributed by atoms with Gasteiger partial charge in [0.05, 0.1) is 29.3 Å². The molecule has 1 amide bonds. The summed E-state index contributed by atoms with van der Waals surface area (Å²) in [6.45, 7) is 3.93. The van der Waals surface area contributed by atoms with Crippen LogP contribution in [-0.2, 0) is 19.6 Å². The van der Waals surface area contributed by atoms with Gasteiger partial charge in [-0.1, -0.05) is 18.2 Å². The molecule has 4 rings (SSSR count). The molecule has 0 atom stereocenters. The topological polar surface area (TPSA) is 129 Å². The molecule has 1 aliphatic rings. The van der Waals surface area contributed by atoms with Crippen LogP contribution in [0.15, 0.2) is 40.6 Å². The second-order valence-electron chi connectivity index (χ2n) is 7.49. The van der Waals surface area contributed by atoms with Crippen molar-refractivity contribution in [1.29, 1.82) is 5.26 Å². The number of nitriles is 1. The number of esters is 1. The van der Waals surface area contributed by atoms with Crippen molar-refractivity contribution in [3.63, 3.8) is 0 Å². The van der Waals surface area contributed by atoms with Gasteiger partial charge in [-0.25, -0.2) is 22.9 Å². The van der Waals surface area contributed by atoms with Gasteiger partial charge in [0.2, 0.25) is 5.91 Å². The van der Waals surface area contributed by atoms with Crippen LogP contribution >= 0.6 is 11.3 Å². The fourth-order valence-corrected chi connectivity index (χ4v) is 6.13. The Labute approximate surface area is 194 Å². The summed E-state index contributed by atoms with van der Waals surface area (Å²) in [6.07, 6.45) is 0. The third-order valence-corrected chi connectivity index (χ3v) is 7.83. The Bertz CT molecular complexity index is 1400. The highest BCUT2D eigenvalue weighted by Crippen LogP contribution is 2.31. The SMILES string of the molecule is CCOC(=O)c1cc(C#N)c(N2CC(C(=O)NS(=O)(=O)c3csc4ccccc34)C2)nc1C. The summed E-state index contributed by atoms with van der Waals surface area (Å²) in [5.74, 6) is -1.40. The van der Waals surface area contributed by atoms with Crippen LogP contribution in [0.2, 0.25) is 0 Å². The minimum Gasteiger partial charge on any atom is -0.462 e. The molecule has 0 spiro atoms. The van der Waals surface area contributed by atoms with Crippen molar-refractivity contribution in [2.24, 2.45) is 5.92 Å². The van der Waals surface area contributed by atoms with Gasteiger partial charge in [0.1, 0.15) is 16.8 Å². The second kappa shape index (κ2) is 8.80. The van der Waals surface area contributed by atoms with Crippen LogP contribution in [0.3, 0.4) is 0 Å². The van der Waals surface area contributed by atoms with Gasteiger partial charge in [-0.15, -0.1) is 11.3 Å². The van der Waals surface area contributed by atoms with E-state index in [1.165, 1.54) is 22.8 Å². The predicted octanol–water partition coefficient (Wildman–Crippen LogP) is 2.59. The van der Waals surface area contributed by atoms with E-state index in [1.807, 2.05) is 18.2 Å². The number of ether oxygens (including phenoxy) is 1. The third kappa shape index (κ3) is 4.27. The first-order valence-corrected chi connectivity index (χ1v) is 12.5. The minimum absolute atomic E-state index is 0.0752. The summed E-state index contributed by atoms with van der Waals surface area (Å²) >= 11 is 1.29. The number of nitrogens with one attached hydrogen (secondary N) is 1. The zero-order valence-corrected chi connectivity index (χ0v) is 19.5. The summed E-state index contributed by atoms with van der Waals surface area (Å²) in [5.41, 5.74) is 0.795. The lowest BCUT2D eigenvalue weighted by Crippen LogP contribution is -2.55. The fraction of sp³-hybridized carbons (Fsp3) is 0.273. The summed E-state index contributed by atoms with van der Waals surface area (Å²) in [7, 11) is -4.01. The number of aryl methyl sites for hydroxylation is 1. The molecular formula is C22H20N4O5S2. The number of thiophene rings is 1. The Kier molecular flexibility index (Phi) is 6.05. The number of hydrogen-bond donors (Lipinski definition) is 1. The van der Waals surface area contributed by atoms with Crippen LogP contribution in [-0.4, -0.2) is 45.0 Å². The van der Waals surface area contributed by atoms with E-state index in [9.17, 15) is 23.3 Å². The smallest absolute Gasteiger partial charge is 0.340 e. The molecule has 1 N–H and O–H groups in total. The molecule has 3 aromatic rings. The monoisotopic (exact) mass is 484 g/mol. The molecule has 0 unspecified atom stereocenters. The maximum atomic E-state index is 12.8. The van der Waals surface area contributed by atoms with Crippen LogP contribution in [0.1, 0.15) is 28.5 Å². The molecule has 33 heavy (non-hydrogen) atoms. The number of pyridine rings is 1. The lowest BCUT2D eigenvalue weighted by Gasteiger charge is -2.39. The number of nitrogens with zero attached hydrogens (tertiary/aromatic N) is 3. The quantitative estimate of drug-likeness (QED) is 0.529. The van der Waals surface area contributed by atoms with Crippen molar-refractivity contribution in [2.45, 2.75) is 18.7 Å². The van der Waals surface area contributed by atoms with Crippen LogP contribution in [0.5, 0.6) is 0 Å². The van der Waals surface area contributed by atoms with Gasteiger partial charge in [0.15, 0.2) is 0 Å². The summed E-state index contributed by atoms with van der Waals surface area (Å²) in [4.78, 5) is 30.8. The van der Waals surface area contributed by atoms with Crippen molar-refractivity contribution in [2.75, 3.05) is 24.6 Å². The van der Waals surface area contributed by atoms with Crippen molar-refractivity contribution < 1.29 is 22.7 Å². The molecular weight excluding hydrogens is 464 g/mol. The Balaban J connectivity index is 1.47. The van der Waals surface area contributed by atoms with E-state index < -0.39 is 27.8 Å². The number of hydrogen-bond acceptors (Lipinski definition) is 9. The largest absolute Gasteiger partial charge is 0.462 e. The first-order chi connectivity index (χ1) is 15.7. The predicted molar refractivity (Wildman–Crippen MR) is 123 cm³/mol. The summed E-state index contributed by atoms with van der Waals surface area (Å²) in [6, 6.07) is 10.5. The molecule has 0 aliphatic carbocycles. The van der Waals surface area contributed by atoms with Gasteiger partial charge >= 0.3 is 5.97 Å². The van der Waals surface area contributed by atoms with Gasteiger partial charge < -0.3 is 9.64 Å². The van der Waals surface area contributed by atoms with E-state index in [2.05, 4.69) is 9.71 Å². The van der Waals surface area contributed by atoms with Crippen molar-refractivity contribution >= 4 is 49.1 Å². The summed E-state index contributed by atoms with van der Waals surface area (Å²) in [5, 5.41) is 11.6. The second-order valence-corrected chi connectivity index (χ2v) is 10.1. The van der Waals surface area contributed by atoms with Gasteiger partial charge in [0, 0.05) is 28.6 Å².